The summed E-state index contributed by atoms with van der Waals surface area (Å²) >= 11 is 1.89. The monoisotopic (exact) mass is 209 g/mol. The molecule has 1 aromatic heterocycles. The van der Waals surface area contributed by atoms with Crippen LogP contribution in [0.2, 0.25) is 0 Å². The second-order valence-electron chi connectivity index (χ2n) is 4.25. The molecule has 0 N–H and O–H groups in total. The van der Waals surface area contributed by atoms with E-state index in [0.29, 0.717) is 0 Å². The first-order valence-electron chi connectivity index (χ1n) is 5.59. The van der Waals surface area contributed by atoms with Crippen molar-refractivity contribution in [2.75, 3.05) is 13.6 Å². The molecule has 1 atom stereocenters. The van der Waals surface area contributed by atoms with Crippen molar-refractivity contribution < 1.29 is 0 Å². The van der Waals surface area contributed by atoms with Gasteiger partial charge in [-0.05, 0) is 50.7 Å². The van der Waals surface area contributed by atoms with Crippen molar-refractivity contribution in [2.45, 2.75) is 38.1 Å². The summed E-state index contributed by atoms with van der Waals surface area (Å²) in [7, 11) is 2.28. The Bertz CT molecular complexity index is 255. The van der Waals surface area contributed by atoms with Gasteiger partial charge in [-0.25, -0.2) is 0 Å². The highest BCUT2D eigenvalue weighted by Crippen LogP contribution is 2.20. The van der Waals surface area contributed by atoms with Crippen LogP contribution in [0.5, 0.6) is 0 Å². The number of hydrogen-bond acceptors (Lipinski definition) is 2. The van der Waals surface area contributed by atoms with E-state index in [1.165, 1.54) is 38.6 Å². The molecule has 0 aliphatic carbocycles. The minimum Gasteiger partial charge on any atom is -0.303 e. The van der Waals surface area contributed by atoms with Crippen molar-refractivity contribution in [3.05, 3.63) is 22.4 Å². The van der Waals surface area contributed by atoms with E-state index in [2.05, 4.69) is 29.5 Å². The number of rotatable bonds is 3. The van der Waals surface area contributed by atoms with Gasteiger partial charge in [0.1, 0.15) is 0 Å². The number of thiophene rings is 1. The van der Waals surface area contributed by atoms with Gasteiger partial charge >= 0.3 is 0 Å². The Labute approximate surface area is 90.7 Å². The summed E-state index contributed by atoms with van der Waals surface area (Å²) in [6, 6.07) is 5.25. The number of nitrogens with zero attached hydrogens (tertiary/aromatic N) is 1. The summed E-state index contributed by atoms with van der Waals surface area (Å²) < 4.78 is 0. The highest BCUT2D eigenvalue weighted by Gasteiger charge is 2.18. The molecule has 2 heteroatoms. The first kappa shape index (κ1) is 10.2. The van der Waals surface area contributed by atoms with Gasteiger partial charge in [-0.2, -0.15) is 0 Å². The van der Waals surface area contributed by atoms with Gasteiger partial charge in [-0.3, -0.25) is 0 Å². The van der Waals surface area contributed by atoms with E-state index >= 15 is 0 Å². The molecule has 0 radical (unpaired) electrons. The second-order valence-corrected chi connectivity index (χ2v) is 5.28. The fourth-order valence-corrected chi connectivity index (χ4v) is 3.00. The van der Waals surface area contributed by atoms with Crippen LogP contribution in [-0.2, 0) is 6.42 Å². The van der Waals surface area contributed by atoms with E-state index in [0.717, 1.165) is 6.04 Å². The Morgan fingerprint density at radius 1 is 1.50 bits per heavy atom. The van der Waals surface area contributed by atoms with Gasteiger partial charge in [0.2, 0.25) is 0 Å². The van der Waals surface area contributed by atoms with Gasteiger partial charge in [0.25, 0.3) is 0 Å². The average Bonchev–Trinajstić information content (AvgIpc) is 2.69. The Hall–Kier alpha value is -0.340. The van der Waals surface area contributed by atoms with E-state index in [4.69, 9.17) is 0 Å². The summed E-state index contributed by atoms with van der Waals surface area (Å²) in [6.45, 7) is 1.30. The van der Waals surface area contributed by atoms with Gasteiger partial charge in [-0.15, -0.1) is 11.3 Å². The molecule has 1 fully saturated rings. The molecule has 2 rings (SSSR count). The molecule has 0 amide bonds. The minimum absolute atomic E-state index is 0.839. The number of aryl methyl sites for hydroxylation is 1. The topological polar surface area (TPSA) is 3.24 Å². The first-order valence-corrected chi connectivity index (χ1v) is 6.47. The average molecular weight is 209 g/mol. The standard InChI is InChI=1S/C12H19NS/c1-13-9-3-2-5-11(13)7-8-12-6-4-10-14-12/h4,6,10-11H,2-3,5,7-9H2,1H3. The molecule has 0 aromatic carbocycles. The maximum absolute atomic E-state index is 2.54. The third-order valence-corrected chi connectivity index (χ3v) is 4.16. The molecule has 0 spiro atoms. The predicted molar refractivity (Wildman–Crippen MR) is 62.9 cm³/mol. The summed E-state index contributed by atoms with van der Waals surface area (Å²) in [4.78, 5) is 4.08. The SMILES string of the molecule is CN1CCCCC1CCc1cccs1. The van der Waals surface area contributed by atoms with E-state index < -0.39 is 0 Å². The molecule has 0 bridgehead atoms. The Balaban J connectivity index is 1.79. The van der Waals surface area contributed by atoms with E-state index in [-0.39, 0.29) is 0 Å². The van der Waals surface area contributed by atoms with Crippen LogP contribution in [0.4, 0.5) is 0 Å². The van der Waals surface area contributed by atoms with Crippen LogP contribution >= 0.6 is 11.3 Å². The summed E-state index contributed by atoms with van der Waals surface area (Å²) in [5.74, 6) is 0. The van der Waals surface area contributed by atoms with Gasteiger partial charge < -0.3 is 4.90 Å². The maximum atomic E-state index is 2.54. The third-order valence-electron chi connectivity index (χ3n) is 3.23. The van der Waals surface area contributed by atoms with Crippen molar-refractivity contribution in [3.63, 3.8) is 0 Å². The molecule has 1 aromatic rings. The lowest BCUT2D eigenvalue weighted by atomic mass is 9.98. The first-order chi connectivity index (χ1) is 6.86. The zero-order valence-electron chi connectivity index (χ0n) is 8.91. The molecule has 1 unspecified atom stereocenters. The van der Waals surface area contributed by atoms with Gasteiger partial charge in [0, 0.05) is 10.9 Å². The lowest BCUT2D eigenvalue weighted by Crippen LogP contribution is -2.36. The molecule has 1 aliphatic heterocycles. The van der Waals surface area contributed by atoms with E-state index in [9.17, 15) is 0 Å². The van der Waals surface area contributed by atoms with Gasteiger partial charge in [0.05, 0.1) is 0 Å². The second kappa shape index (κ2) is 4.94. The van der Waals surface area contributed by atoms with Crippen LogP contribution in [-0.4, -0.2) is 24.5 Å². The maximum Gasteiger partial charge on any atom is 0.00956 e. The van der Waals surface area contributed by atoms with E-state index in [1.54, 1.807) is 4.88 Å². The van der Waals surface area contributed by atoms with Crippen molar-refractivity contribution in [3.8, 4) is 0 Å². The number of likely N-dealkylation sites (tertiary alicyclic amines) is 1. The smallest absolute Gasteiger partial charge is 0.00956 e. The minimum atomic E-state index is 0.839. The summed E-state index contributed by atoms with van der Waals surface area (Å²) in [5.41, 5.74) is 0. The molecule has 1 saturated heterocycles. The Morgan fingerprint density at radius 3 is 3.14 bits per heavy atom. The van der Waals surface area contributed by atoms with Crippen LogP contribution < -0.4 is 0 Å². The molecule has 1 aliphatic rings. The quantitative estimate of drug-likeness (QED) is 0.739. The molecule has 78 valence electrons. The van der Waals surface area contributed by atoms with Crippen LogP contribution in [0, 0.1) is 0 Å². The molecular formula is C12H19NS. The van der Waals surface area contributed by atoms with Crippen LogP contribution in [0.1, 0.15) is 30.6 Å². The fraction of sp³-hybridized carbons (Fsp3) is 0.667. The Morgan fingerprint density at radius 2 is 2.43 bits per heavy atom. The molecular weight excluding hydrogens is 190 g/mol. The summed E-state index contributed by atoms with van der Waals surface area (Å²) in [5, 5.41) is 2.18. The third kappa shape index (κ3) is 2.58. The van der Waals surface area contributed by atoms with Crippen molar-refractivity contribution >= 4 is 11.3 Å². The highest BCUT2D eigenvalue weighted by atomic mass is 32.1. The van der Waals surface area contributed by atoms with Gasteiger partial charge in [0.15, 0.2) is 0 Å². The zero-order chi connectivity index (χ0) is 9.80. The van der Waals surface area contributed by atoms with Gasteiger partial charge in [-0.1, -0.05) is 12.5 Å². The Kier molecular flexibility index (Phi) is 3.60. The van der Waals surface area contributed by atoms with Crippen LogP contribution in [0.15, 0.2) is 17.5 Å². The lowest BCUT2D eigenvalue weighted by molar-refractivity contribution is 0.176. The molecule has 0 saturated carbocycles. The number of hydrogen-bond donors (Lipinski definition) is 0. The number of piperidine rings is 1. The summed E-state index contributed by atoms with van der Waals surface area (Å²) in [6.07, 6.45) is 6.84. The molecule has 14 heavy (non-hydrogen) atoms. The molecule has 2 heterocycles. The highest BCUT2D eigenvalue weighted by molar-refractivity contribution is 7.09. The van der Waals surface area contributed by atoms with Crippen molar-refractivity contribution in [2.24, 2.45) is 0 Å². The predicted octanol–water partition coefficient (Wildman–Crippen LogP) is 3.17. The van der Waals surface area contributed by atoms with Crippen molar-refractivity contribution in [1.29, 1.82) is 0 Å². The molecule has 1 nitrogen and oxygen atoms in total. The largest absolute Gasteiger partial charge is 0.303 e. The van der Waals surface area contributed by atoms with Crippen LogP contribution in [0.25, 0.3) is 0 Å². The normalized spacial score (nSPS) is 23.9. The van der Waals surface area contributed by atoms with E-state index in [1.807, 2.05) is 11.3 Å². The van der Waals surface area contributed by atoms with Crippen molar-refractivity contribution in [1.82, 2.24) is 4.90 Å². The fourth-order valence-electron chi connectivity index (χ4n) is 2.27. The lowest BCUT2D eigenvalue weighted by Gasteiger charge is -2.32. The van der Waals surface area contributed by atoms with Crippen LogP contribution in [0.3, 0.4) is 0 Å². The zero-order valence-corrected chi connectivity index (χ0v) is 9.72.